The summed E-state index contributed by atoms with van der Waals surface area (Å²) < 4.78 is 35.4. The Morgan fingerprint density at radius 3 is 2.50 bits per heavy atom. The van der Waals surface area contributed by atoms with E-state index in [0.717, 1.165) is 51.4 Å². The summed E-state index contributed by atoms with van der Waals surface area (Å²) in [6, 6.07) is 7.29. The van der Waals surface area contributed by atoms with Crippen LogP contribution >= 0.6 is 11.6 Å². The third-order valence-electron chi connectivity index (χ3n) is 8.15. The van der Waals surface area contributed by atoms with Crippen LogP contribution in [0.1, 0.15) is 70.6 Å². The van der Waals surface area contributed by atoms with E-state index in [1.807, 2.05) is 18.2 Å². The van der Waals surface area contributed by atoms with Crippen molar-refractivity contribution < 1.29 is 38.3 Å². The fourth-order valence-electron chi connectivity index (χ4n) is 5.80. The maximum atomic E-state index is 11.4. The van der Waals surface area contributed by atoms with Crippen molar-refractivity contribution in [1.82, 2.24) is 0 Å². The number of aliphatic hydroxyl groups is 1. The van der Waals surface area contributed by atoms with Crippen molar-refractivity contribution in [3.05, 3.63) is 53.6 Å². The molecule has 234 valence electrons. The molecule has 7 atom stereocenters. The first kappa shape index (κ1) is 33.0. The lowest BCUT2D eigenvalue weighted by molar-refractivity contribution is -0.193. The molecule has 3 aliphatic rings. The Bertz CT molecular complexity index is 971. The number of rotatable bonds is 15. The van der Waals surface area contributed by atoms with Crippen LogP contribution in [0, 0.1) is 11.8 Å². The first-order valence-electron chi connectivity index (χ1n) is 15.5. The molecule has 0 spiro atoms. The molecule has 1 N–H and O–H groups in total. The van der Waals surface area contributed by atoms with Crippen molar-refractivity contribution in [1.29, 1.82) is 0 Å². The molecular formula is C33H47ClO8. The minimum atomic E-state index is -0.501. The fraction of sp³-hybridized carbons (Fsp3) is 0.667. The van der Waals surface area contributed by atoms with Gasteiger partial charge in [-0.2, -0.15) is 0 Å². The number of methoxy groups -OCH3 is 1. The van der Waals surface area contributed by atoms with Gasteiger partial charge in [0.25, 0.3) is 0 Å². The first-order chi connectivity index (χ1) is 20.5. The summed E-state index contributed by atoms with van der Waals surface area (Å²) in [6.45, 7) is 1.71. The molecule has 2 heterocycles. The molecule has 42 heavy (non-hydrogen) atoms. The Morgan fingerprint density at radius 1 is 1.07 bits per heavy atom. The Labute approximate surface area is 255 Å². The molecule has 0 bridgehead atoms. The number of ether oxygens (including phenoxy) is 6. The molecule has 0 radical (unpaired) electrons. The SMILES string of the molecule is COC(=O)CCCC=CC[C@@H]1[C@@H](C=C[C@H](COc2ccc(Cl)cc2)OC2CCCCO2)[C@H](OC2CCCCO2)C[C@@H]1O. The standard InChI is InChI=1S/C33H47ClO8/c1-37-31(36)11-5-3-2-4-10-27-28(30(22-29(27)35)42-33-13-7-9-21-39-33)19-18-26(41-32-12-6-8-20-38-32)23-40-25-16-14-24(34)15-17-25/h2,4,14-19,26-30,32-33,35H,3,5-13,20-23H2,1H3/t26-,27-,28-,29+,30-,32?,33?/m1/s1. The summed E-state index contributed by atoms with van der Waals surface area (Å²) in [5.74, 6) is 0.475. The second kappa shape index (κ2) is 18.0. The highest BCUT2D eigenvalue weighted by Gasteiger charge is 2.42. The molecule has 9 heteroatoms. The van der Waals surface area contributed by atoms with E-state index in [4.69, 9.17) is 40.0 Å². The van der Waals surface area contributed by atoms with Crippen LogP contribution in [0.2, 0.25) is 5.02 Å². The third kappa shape index (κ3) is 11.0. The molecule has 1 aromatic carbocycles. The van der Waals surface area contributed by atoms with E-state index in [0.29, 0.717) is 49.9 Å². The molecule has 3 fully saturated rings. The quantitative estimate of drug-likeness (QED) is 0.140. The number of halogens is 1. The van der Waals surface area contributed by atoms with E-state index in [1.54, 1.807) is 12.1 Å². The van der Waals surface area contributed by atoms with E-state index >= 15 is 0 Å². The Kier molecular flexibility index (Phi) is 14.1. The number of carbonyl (C=O) groups is 1. The average Bonchev–Trinajstić information content (AvgIpc) is 3.30. The molecule has 8 nitrogen and oxygen atoms in total. The van der Waals surface area contributed by atoms with E-state index in [-0.39, 0.29) is 42.6 Å². The summed E-state index contributed by atoms with van der Waals surface area (Å²) in [5, 5.41) is 11.8. The molecule has 2 unspecified atom stereocenters. The summed E-state index contributed by atoms with van der Waals surface area (Å²) in [5.41, 5.74) is 0. The summed E-state index contributed by atoms with van der Waals surface area (Å²) in [7, 11) is 1.41. The normalized spacial score (nSPS) is 29.2. The highest BCUT2D eigenvalue weighted by molar-refractivity contribution is 6.30. The molecule has 1 saturated carbocycles. The van der Waals surface area contributed by atoms with Crippen molar-refractivity contribution in [2.45, 2.75) is 102 Å². The molecule has 4 rings (SSSR count). The molecule has 2 aliphatic heterocycles. The fourth-order valence-corrected chi connectivity index (χ4v) is 5.92. The lowest BCUT2D eigenvalue weighted by atomic mass is 9.89. The summed E-state index contributed by atoms with van der Waals surface area (Å²) in [6.07, 6.45) is 16.0. The molecule has 1 aliphatic carbocycles. The zero-order valence-corrected chi connectivity index (χ0v) is 25.5. The van der Waals surface area contributed by atoms with Crippen molar-refractivity contribution in [2.24, 2.45) is 11.8 Å². The van der Waals surface area contributed by atoms with Crippen molar-refractivity contribution in [3.63, 3.8) is 0 Å². The van der Waals surface area contributed by atoms with Gasteiger partial charge in [-0.1, -0.05) is 35.9 Å². The number of hydrogen-bond donors (Lipinski definition) is 1. The summed E-state index contributed by atoms with van der Waals surface area (Å²) >= 11 is 6.04. The highest BCUT2D eigenvalue weighted by Crippen LogP contribution is 2.39. The number of carbonyl (C=O) groups excluding carboxylic acids is 1. The predicted molar refractivity (Wildman–Crippen MR) is 160 cm³/mol. The zero-order chi connectivity index (χ0) is 29.6. The highest BCUT2D eigenvalue weighted by atomic mass is 35.5. The Hall–Kier alpha value is -1.94. The van der Waals surface area contributed by atoms with Crippen LogP contribution in [0.4, 0.5) is 0 Å². The van der Waals surface area contributed by atoms with Gasteiger partial charge in [0.05, 0.1) is 19.3 Å². The van der Waals surface area contributed by atoms with Gasteiger partial charge in [-0.3, -0.25) is 4.79 Å². The van der Waals surface area contributed by atoms with Crippen LogP contribution in [-0.2, 0) is 28.5 Å². The maximum Gasteiger partial charge on any atom is 0.305 e. The Balaban J connectivity index is 1.44. The van der Waals surface area contributed by atoms with Gasteiger partial charge in [0, 0.05) is 37.0 Å². The second-order valence-corrected chi connectivity index (χ2v) is 11.7. The van der Waals surface area contributed by atoms with E-state index in [2.05, 4.69) is 18.2 Å². The zero-order valence-electron chi connectivity index (χ0n) is 24.7. The van der Waals surface area contributed by atoms with Crippen LogP contribution in [0.3, 0.4) is 0 Å². The van der Waals surface area contributed by atoms with Crippen LogP contribution in [0.5, 0.6) is 5.75 Å². The van der Waals surface area contributed by atoms with Gasteiger partial charge in [0.15, 0.2) is 12.6 Å². The van der Waals surface area contributed by atoms with Gasteiger partial charge in [-0.05, 0) is 88.0 Å². The number of hydrogen-bond acceptors (Lipinski definition) is 8. The van der Waals surface area contributed by atoms with Gasteiger partial charge in [-0.15, -0.1) is 0 Å². The van der Waals surface area contributed by atoms with Crippen LogP contribution < -0.4 is 4.74 Å². The van der Waals surface area contributed by atoms with E-state index in [9.17, 15) is 9.90 Å². The number of allylic oxidation sites excluding steroid dienone is 2. The molecule has 0 aromatic heterocycles. The van der Waals surface area contributed by atoms with Gasteiger partial charge in [0.2, 0.25) is 0 Å². The van der Waals surface area contributed by atoms with E-state index < -0.39 is 6.10 Å². The predicted octanol–water partition coefficient (Wildman–Crippen LogP) is 6.39. The largest absolute Gasteiger partial charge is 0.491 e. The Morgan fingerprint density at radius 2 is 1.81 bits per heavy atom. The van der Waals surface area contributed by atoms with Crippen LogP contribution in [-0.4, -0.2) is 68.9 Å². The maximum absolute atomic E-state index is 11.4. The monoisotopic (exact) mass is 606 g/mol. The van der Waals surface area contributed by atoms with Crippen LogP contribution in [0.15, 0.2) is 48.6 Å². The second-order valence-electron chi connectivity index (χ2n) is 11.3. The first-order valence-corrected chi connectivity index (χ1v) is 15.9. The summed E-state index contributed by atoms with van der Waals surface area (Å²) in [4.78, 5) is 11.4. The van der Waals surface area contributed by atoms with Crippen molar-refractivity contribution >= 4 is 17.6 Å². The number of esters is 1. The third-order valence-corrected chi connectivity index (χ3v) is 8.40. The van der Waals surface area contributed by atoms with Crippen LogP contribution in [0.25, 0.3) is 0 Å². The molecular weight excluding hydrogens is 560 g/mol. The minimum Gasteiger partial charge on any atom is -0.491 e. The lowest BCUT2D eigenvalue weighted by Crippen LogP contribution is -2.32. The topological polar surface area (TPSA) is 92.7 Å². The van der Waals surface area contributed by atoms with E-state index in [1.165, 1.54) is 7.11 Å². The lowest BCUT2D eigenvalue weighted by Gasteiger charge is -2.30. The average molecular weight is 607 g/mol. The molecule has 1 aromatic rings. The molecule has 0 amide bonds. The van der Waals surface area contributed by atoms with Crippen molar-refractivity contribution in [2.75, 3.05) is 26.9 Å². The number of unbranched alkanes of at least 4 members (excludes halogenated alkanes) is 1. The smallest absolute Gasteiger partial charge is 0.305 e. The van der Waals surface area contributed by atoms with Gasteiger partial charge in [-0.25, -0.2) is 0 Å². The number of benzene rings is 1. The van der Waals surface area contributed by atoms with Gasteiger partial charge >= 0.3 is 5.97 Å². The van der Waals surface area contributed by atoms with Gasteiger partial charge in [0.1, 0.15) is 18.5 Å². The number of aliphatic hydroxyl groups excluding tert-OH is 1. The molecule has 2 saturated heterocycles. The van der Waals surface area contributed by atoms with Gasteiger partial charge < -0.3 is 33.5 Å². The van der Waals surface area contributed by atoms with Crippen molar-refractivity contribution in [3.8, 4) is 5.75 Å². The minimum absolute atomic E-state index is 0.0181.